The Morgan fingerprint density at radius 1 is 1.36 bits per heavy atom. The summed E-state index contributed by atoms with van der Waals surface area (Å²) in [6.45, 7) is 4.40. The molecular weight excluding hydrogens is 401 g/mol. The van der Waals surface area contributed by atoms with E-state index in [-0.39, 0.29) is 29.9 Å². The average Bonchev–Trinajstić information content (AvgIpc) is 3.02. The molecule has 1 aromatic carbocycles. The number of hydrogen-bond donors (Lipinski definition) is 1. The van der Waals surface area contributed by atoms with Gasteiger partial charge in [0.25, 0.3) is 0 Å². The van der Waals surface area contributed by atoms with Crippen LogP contribution in [0, 0.1) is 18.7 Å². The lowest BCUT2D eigenvalue weighted by Gasteiger charge is -2.30. The van der Waals surface area contributed by atoms with Crippen LogP contribution in [0.15, 0.2) is 24.3 Å². The van der Waals surface area contributed by atoms with Gasteiger partial charge in [-0.1, -0.05) is 6.92 Å². The molecule has 0 saturated carbocycles. The summed E-state index contributed by atoms with van der Waals surface area (Å²) in [6.07, 6.45) is 1.87. The number of aromatic nitrogens is 1. The van der Waals surface area contributed by atoms with Crippen molar-refractivity contribution in [3.05, 3.63) is 35.0 Å². The molecule has 0 unspecified atom stereocenters. The molecule has 1 aliphatic heterocycles. The Morgan fingerprint density at radius 2 is 2.07 bits per heavy atom. The minimum absolute atomic E-state index is 0.105. The summed E-state index contributed by atoms with van der Waals surface area (Å²) in [7, 11) is -3.31. The minimum Gasteiger partial charge on any atom is -0.302 e. The maximum atomic E-state index is 13.1. The Morgan fingerprint density at radius 3 is 2.75 bits per heavy atom. The van der Waals surface area contributed by atoms with Crippen LogP contribution in [0.2, 0.25) is 0 Å². The Bertz CT molecular complexity index is 942. The normalized spacial score (nSPS) is 18.2. The monoisotopic (exact) mass is 425 g/mol. The molecule has 1 aromatic heterocycles. The van der Waals surface area contributed by atoms with Gasteiger partial charge in [0, 0.05) is 23.5 Å². The van der Waals surface area contributed by atoms with Gasteiger partial charge < -0.3 is 5.32 Å². The molecule has 0 bridgehead atoms. The van der Waals surface area contributed by atoms with E-state index < -0.39 is 10.0 Å². The number of aryl methyl sites for hydroxylation is 1. The zero-order chi connectivity index (χ0) is 20.3. The molecule has 2 heterocycles. The summed E-state index contributed by atoms with van der Waals surface area (Å²) in [5, 5.41) is 3.30. The summed E-state index contributed by atoms with van der Waals surface area (Å²) in [6, 6.07) is 6.06. The molecule has 1 amide bonds. The molecule has 2 aromatic rings. The smallest absolute Gasteiger partial charge is 0.230 e. The number of hydrogen-bond acceptors (Lipinski definition) is 5. The van der Waals surface area contributed by atoms with E-state index in [1.54, 1.807) is 12.1 Å². The van der Waals surface area contributed by atoms with E-state index in [2.05, 4.69) is 10.3 Å². The van der Waals surface area contributed by atoms with Crippen molar-refractivity contribution in [1.29, 1.82) is 0 Å². The van der Waals surface area contributed by atoms with E-state index in [1.807, 2.05) is 13.8 Å². The molecule has 1 aliphatic rings. The molecule has 1 saturated heterocycles. The molecule has 3 rings (SSSR count). The number of halogens is 1. The van der Waals surface area contributed by atoms with Crippen LogP contribution in [-0.2, 0) is 14.8 Å². The Hall–Kier alpha value is -1.84. The summed E-state index contributed by atoms with van der Waals surface area (Å²) in [5.74, 6) is -0.812. The van der Waals surface area contributed by atoms with Crippen LogP contribution < -0.4 is 5.32 Å². The van der Waals surface area contributed by atoms with Crippen molar-refractivity contribution in [3.63, 3.8) is 0 Å². The molecule has 152 valence electrons. The molecular formula is C19H24FN3O3S2. The zero-order valence-electron chi connectivity index (χ0n) is 15.9. The predicted molar refractivity (Wildman–Crippen MR) is 109 cm³/mol. The first-order chi connectivity index (χ1) is 13.3. The highest BCUT2D eigenvalue weighted by Gasteiger charge is 2.32. The molecule has 0 radical (unpaired) electrons. The SMILES string of the molecule is CCCS(=O)(=O)N1CCC[C@H](C(=O)Nc2nc(-c3ccc(F)cc3)c(C)s2)C1. The van der Waals surface area contributed by atoms with Gasteiger partial charge in [0.15, 0.2) is 5.13 Å². The second kappa shape index (κ2) is 8.67. The number of carbonyl (C=O) groups excluding carboxylic acids is 1. The number of anilines is 1. The van der Waals surface area contributed by atoms with Gasteiger partial charge in [-0.05, 0) is 50.5 Å². The fraction of sp³-hybridized carbons (Fsp3) is 0.474. The lowest BCUT2D eigenvalue weighted by Crippen LogP contribution is -2.44. The van der Waals surface area contributed by atoms with Crippen molar-refractivity contribution >= 4 is 32.4 Å². The van der Waals surface area contributed by atoms with E-state index in [9.17, 15) is 17.6 Å². The number of nitrogens with one attached hydrogen (secondary N) is 1. The summed E-state index contributed by atoms with van der Waals surface area (Å²) in [4.78, 5) is 18.1. The zero-order valence-corrected chi connectivity index (χ0v) is 17.6. The third-order valence-electron chi connectivity index (χ3n) is 4.75. The highest BCUT2D eigenvalue weighted by Crippen LogP contribution is 2.31. The summed E-state index contributed by atoms with van der Waals surface area (Å²) >= 11 is 1.35. The van der Waals surface area contributed by atoms with Crippen LogP contribution in [0.5, 0.6) is 0 Å². The molecule has 1 fully saturated rings. The highest BCUT2D eigenvalue weighted by atomic mass is 32.2. The van der Waals surface area contributed by atoms with Gasteiger partial charge in [-0.25, -0.2) is 22.1 Å². The number of piperidine rings is 1. The van der Waals surface area contributed by atoms with Gasteiger partial charge in [0.1, 0.15) is 5.82 Å². The number of nitrogens with zero attached hydrogens (tertiary/aromatic N) is 2. The fourth-order valence-electron chi connectivity index (χ4n) is 3.33. The first kappa shape index (κ1) is 20.9. The minimum atomic E-state index is -3.31. The van der Waals surface area contributed by atoms with Gasteiger partial charge >= 0.3 is 0 Å². The van der Waals surface area contributed by atoms with Crippen molar-refractivity contribution < 1.29 is 17.6 Å². The molecule has 0 spiro atoms. The van der Waals surface area contributed by atoms with E-state index in [4.69, 9.17) is 0 Å². The molecule has 1 N–H and O–H groups in total. The van der Waals surface area contributed by atoms with Crippen LogP contribution in [0.1, 0.15) is 31.1 Å². The maximum absolute atomic E-state index is 13.1. The molecule has 6 nitrogen and oxygen atoms in total. The molecule has 9 heteroatoms. The Balaban J connectivity index is 1.69. The second-order valence-electron chi connectivity index (χ2n) is 6.93. The average molecular weight is 426 g/mol. The fourth-order valence-corrected chi connectivity index (χ4v) is 5.76. The van der Waals surface area contributed by atoms with Gasteiger partial charge in [-0.2, -0.15) is 0 Å². The van der Waals surface area contributed by atoms with Gasteiger partial charge in [-0.15, -0.1) is 11.3 Å². The van der Waals surface area contributed by atoms with Crippen LogP contribution >= 0.6 is 11.3 Å². The number of carbonyl (C=O) groups is 1. The largest absolute Gasteiger partial charge is 0.302 e. The Labute approximate surface area is 168 Å². The summed E-state index contributed by atoms with van der Waals surface area (Å²) in [5.41, 5.74) is 1.49. The Kier molecular flexibility index (Phi) is 6.47. The lowest BCUT2D eigenvalue weighted by molar-refractivity contribution is -0.120. The van der Waals surface area contributed by atoms with Crippen molar-refractivity contribution in [2.75, 3.05) is 24.2 Å². The third-order valence-corrected chi connectivity index (χ3v) is 7.68. The quantitative estimate of drug-likeness (QED) is 0.766. The number of rotatable bonds is 6. The highest BCUT2D eigenvalue weighted by molar-refractivity contribution is 7.89. The first-order valence-corrected chi connectivity index (χ1v) is 11.7. The van der Waals surface area contributed by atoms with Crippen LogP contribution in [-0.4, -0.2) is 42.5 Å². The molecule has 0 aliphatic carbocycles. The van der Waals surface area contributed by atoms with Crippen molar-refractivity contribution in [2.24, 2.45) is 5.92 Å². The van der Waals surface area contributed by atoms with Gasteiger partial charge in [0.2, 0.25) is 15.9 Å². The van der Waals surface area contributed by atoms with E-state index in [1.165, 1.54) is 27.8 Å². The number of benzene rings is 1. The maximum Gasteiger partial charge on any atom is 0.230 e. The van der Waals surface area contributed by atoms with Crippen molar-refractivity contribution in [2.45, 2.75) is 33.1 Å². The second-order valence-corrected chi connectivity index (χ2v) is 10.2. The topological polar surface area (TPSA) is 79.4 Å². The van der Waals surface area contributed by atoms with Gasteiger partial charge in [-0.3, -0.25) is 4.79 Å². The van der Waals surface area contributed by atoms with Crippen molar-refractivity contribution in [1.82, 2.24) is 9.29 Å². The van der Waals surface area contributed by atoms with Crippen LogP contribution in [0.25, 0.3) is 11.3 Å². The van der Waals surface area contributed by atoms with E-state index >= 15 is 0 Å². The van der Waals surface area contributed by atoms with Crippen LogP contribution in [0.4, 0.5) is 9.52 Å². The standard InChI is InChI=1S/C19H24FN3O3S2/c1-3-11-28(25,26)23-10-4-5-15(12-23)18(24)22-19-21-17(13(2)27-19)14-6-8-16(20)9-7-14/h6-9,15H,3-5,10-12H2,1-2H3,(H,21,22,24)/t15-/m0/s1. The number of sulfonamides is 1. The van der Waals surface area contributed by atoms with Gasteiger partial charge in [0.05, 0.1) is 17.4 Å². The number of amides is 1. The number of thiazole rings is 1. The van der Waals surface area contributed by atoms with Crippen LogP contribution in [0.3, 0.4) is 0 Å². The van der Waals surface area contributed by atoms with Crippen molar-refractivity contribution in [3.8, 4) is 11.3 Å². The van der Waals surface area contributed by atoms with E-state index in [0.29, 0.717) is 36.6 Å². The lowest BCUT2D eigenvalue weighted by atomic mass is 9.99. The third kappa shape index (κ3) is 4.76. The first-order valence-electron chi connectivity index (χ1n) is 9.32. The predicted octanol–water partition coefficient (Wildman–Crippen LogP) is 3.65. The molecule has 1 atom stereocenters. The van der Waals surface area contributed by atoms with E-state index in [0.717, 1.165) is 10.4 Å². The molecule has 28 heavy (non-hydrogen) atoms. The summed E-state index contributed by atoms with van der Waals surface area (Å²) < 4.78 is 39.2.